The molecule has 1 saturated heterocycles. The van der Waals surface area contributed by atoms with Crippen LogP contribution in [0.15, 0.2) is 22.7 Å². The van der Waals surface area contributed by atoms with Gasteiger partial charge in [-0.1, -0.05) is 22.0 Å². The largest absolute Gasteiger partial charge is 0.481 e. The van der Waals surface area contributed by atoms with Gasteiger partial charge in [0.25, 0.3) is 5.69 Å². The molecule has 1 aliphatic rings. The van der Waals surface area contributed by atoms with Gasteiger partial charge in [-0.15, -0.1) is 0 Å². The number of carboxylic acids is 1. The maximum absolute atomic E-state index is 12.6. The van der Waals surface area contributed by atoms with Gasteiger partial charge >= 0.3 is 5.97 Å². The summed E-state index contributed by atoms with van der Waals surface area (Å²) in [6.07, 6.45) is 3.38. The van der Waals surface area contributed by atoms with Crippen LogP contribution in [0.4, 0.5) is 5.69 Å². The first-order valence-electron chi connectivity index (χ1n) is 7.82. The zero-order chi connectivity index (χ0) is 17.7. The summed E-state index contributed by atoms with van der Waals surface area (Å²) < 4.78 is 0.532. The van der Waals surface area contributed by atoms with E-state index in [1.54, 1.807) is 11.0 Å². The Hall–Kier alpha value is -1.96. The van der Waals surface area contributed by atoms with E-state index < -0.39 is 10.9 Å². The Morgan fingerprint density at radius 3 is 2.75 bits per heavy atom. The summed E-state index contributed by atoms with van der Waals surface area (Å²) in [6.45, 7) is 0.633. The van der Waals surface area contributed by atoms with Crippen LogP contribution in [0.1, 0.15) is 37.7 Å². The number of piperidine rings is 1. The Kier molecular flexibility index (Phi) is 6.30. The van der Waals surface area contributed by atoms with Gasteiger partial charge in [-0.25, -0.2) is 0 Å². The third-order valence-corrected chi connectivity index (χ3v) is 4.97. The van der Waals surface area contributed by atoms with Crippen molar-refractivity contribution in [3.63, 3.8) is 0 Å². The Morgan fingerprint density at radius 2 is 2.12 bits per heavy atom. The zero-order valence-corrected chi connectivity index (χ0v) is 14.7. The quantitative estimate of drug-likeness (QED) is 0.585. The average molecular weight is 399 g/mol. The lowest BCUT2D eigenvalue weighted by molar-refractivity contribution is -0.384. The molecular weight excluding hydrogens is 380 g/mol. The molecule has 0 aromatic heterocycles. The van der Waals surface area contributed by atoms with E-state index in [2.05, 4.69) is 15.9 Å². The maximum Gasteiger partial charge on any atom is 0.303 e. The van der Waals surface area contributed by atoms with Gasteiger partial charge in [-0.05, 0) is 31.2 Å². The monoisotopic (exact) mass is 398 g/mol. The Morgan fingerprint density at radius 1 is 1.38 bits per heavy atom. The lowest BCUT2D eigenvalue weighted by Gasteiger charge is -2.36. The summed E-state index contributed by atoms with van der Waals surface area (Å²) in [4.78, 5) is 35.4. The first kappa shape index (κ1) is 18.4. The van der Waals surface area contributed by atoms with E-state index in [-0.39, 0.29) is 30.5 Å². The number of carbonyl (C=O) groups excluding carboxylic acids is 1. The van der Waals surface area contributed by atoms with Crippen LogP contribution in [-0.4, -0.2) is 39.4 Å². The topological polar surface area (TPSA) is 101 Å². The average Bonchev–Trinajstić information content (AvgIpc) is 2.54. The molecule has 8 heteroatoms. The molecule has 24 heavy (non-hydrogen) atoms. The van der Waals surface area contributed by atoms with Crippen molar-refractivity contribution in [3.05, 3.63) is 38.3 Å². The normalized spacial score (nSPS) is 17.5. The fraction of sp³-hybridized carbons (Fsp3) is 0.500. The predicted molar refractivity (Wildman–Crippen MR) is 90.7 cm³/mol. The fourth-order valence-corrected chi connectivity index (χ4v) is 3.48. The van der Waals surface area contributed by atoms with Crippen LogP contribution in [0.3, 0.4) is 0 Å². The molecule has 1 fully saturated rings. The van der Waals surface area contributed by atoms with Gasteiger partial charge in [0, 0.05) is 35.6 Å². The number of rotatable bonds is 6. The Balaban J connectivity index is 2.06. The van der Waals surface area contributed by atoms with Crippen molar-refractivity contribution in [2.75, 3.05) is 6.54 Å². The Labute approximate surface area is 147 Å². The van der Waals surface area contributed by atoms with Crippen LogP contribution in [0.2, 0.25) is 0 Å². The molecule has 1 N–H and O–H groups in total. The van der Waals surface area contributed by atoms with Gasteiger partial charge < -0.3 is 10.0 Å². The minimum atomic E-state index is -0.855. The number of benzene rings is 1. The number of carbonyl (C=O) groups is 2. The highest BCUT2D eigenvalue weighted by atomic mass is 79.9. The molecule has 1 atom stereocenters. The first-order chi connectivity index (χ1) is 11.4. The lowest BCUT2D eigenvalue weighted by atomic mass is 9.97. The van der Waals surface area contributed by atoms with Gasteiger partial charge in [0.1, 0.15) is 0 Å². The van der Waals surface area contributed by atoms with Crippen molar-refractivity contribution in [2.24, 2.45) is 0 Å². The molecule has 0 aliphatic carbocycles. The van der Waals surface area contributed by atoms with E-state index in [9.17, 15) is 19.7 Å². The number of aliphatic carboxylic acids is 1. The molecule has 130 valence electrons. The molecule has 1 aliphatic heterocycles. The van der Waals surface area contributed by atoms with E-state index in [1.807, 2.05) is 0 Å². The van der Waals surface area contributed by atoms with Gasteiger partial charge in [-0.2, -0.15) is 0 Å². The summed E-state index contributed by atoms with van der Waals surface area (Å²) in [5.74, 6) is -0.925. The minimum absolute atomic E-state index is 0.0321. The summed E-state index contributed by atoms with van der Waals surface area (Å²) in [7, 11) is 0. The van der Waals surface area contributed by atoms with Crippen molar-refractivity contribution >= 4 is 33.5 Å². The van der Waals surface area contributed by atoms with Crippen molar-refractivity contribution in [1.29, 1.82) is 0 Å². The molecule has 7 nitrogen and oxygen atoms in total. The van der Waals surface area contributed by atoms with E-state index >= 15 is 0 Å². The van der Waals surface area contributed by atoms with Gasteiger partial charge in [0.05, 0.1) is 11.3 Å². The number of amides is 1. The highest BCUT2D eigenvalue weighted by molar-refractivity contribution is 9.10. The molecule has 0 bridgehead atoms. The van der Waals surface area contributed by atoms with Crippen molar-refractivity contribution in [1.82, 2.24) is 4.90 Å². The Bertz CT molecular complexity index is 649. The molecule has 1 heterocycles. The van der Waals surface area contributed by atoms with Crippen LogP contribution in [0, 0.1) is 10.1 Å². The third-order valence-electron chi connectivity index (χ3n) is 4.23. The van der Waals surface area contributed by atoms with E-state index in [4.69, 9.17) is 5.11 Å². The molecule has 1 amide bonds. The second-order valence-electron chi connectivity index (χ2n) is 5.88. The van der Waals surface area contributed by atoms with E-state index in [0.29, 0.717) is 23.0 Å². The zero-order valence-electron chi connectivity index (χ0n) is 13.1. The van der Waals surface area contributed by atoms with Crippen LogP contribution in [-0.2, 0) is 16.0 Å². The smallest absolute Gasteiger partial charge is 0.303 e. The number of hydrogen-bond acceptors (Lipinski definition) is 4. The summed E-state index contributed by atoms with van der Waals surface area (Å²) in [5, 5.41) is 19.6. The molecule has 0 radical (unpaired) electrons. The van der Waals surface area contributed by atoms with Crippen LogP contribution >= 0.6 is 15.9 Å². The fourth-order valence-electron chi connectivity index (χ4n) is 2.98. The molecular formula is C16H19BrN2O5. The molecule has 1 aromatic carbocycles. The third kappa shape index (κ3) is 4.77. The number of hydrogen-bond donors (Lipinski definition) is 1. The number of nitro benzene ring substituents is 1. The standard InChI is InChI=1S/C16H19BrN2O5/c17-14-10-13(19(23)24)5-4-11(14)9-15(20)18-8-2-1-3-12(18)6-7-16(21)22/h4-5,10,12H,1-3,6-9H2,(H,21,22). The summed E-state index contributed by atoms with van der Waals surface area (Å²) >= 11 is 3.28. The summed E-state index contributed by atoms with van der Waals surface area (Å²) in [6, 6.07) is 4.31. The van der Waals surface area contributed by atoms with Crippen molar-refractivity contribution in [3.8, 4) is 0 Å². The van der Waals surface area contributed by atoms with Gasteiger partial charge in [-0.3, -0.25) is 19.7 Å². The number of carboxylic acid groups (broad SMARTS) is 1. The molecule has 0 spiro atoms. The van der Waals surface area contributed by atoms with Crippen LogP contribution < -0.4 is 0 Å². The predicted octanol–water partition coefficient (Wildman–Crippen LogP) is 3.15. The number of likely N-dealkylation sites (tertiary alicyclic amines) is 1. The highest BCUT2D eigenvalue weighted by Gasteiger charge is 2.27. The van der Waals surface area contributed by atoms with Crippen molar-refractivity contribution < 1.29 is 19.6 Å². The molecule has 1 unspecified atom stereocenters. The summed E-state index contributed by atoms with van der Waals surface area (Å²) in [5.41, 5.74) is 0.656. The van der Waals surface area contributed by atoms with Gasteiger partial charge in [0.15, 0.2) is 0 Å². The van der Waals surface area contributed by atoms with Gasteiger partial charge in [0.2, 0.25) is 5.91 Å². The number of halogens is 1. The second-order valence-corrected chi connectivity index (χ2v) is 6.73. The first-order valence-corrected chi connectivity index (χ1v) is 8.62. The van der Waals surface area contributed by atoms with E-state index in [0.717, 1.165) is 19.3 Å². The lowest BCUT2D eigenvalue weighted by Crippen LogP contribution is -2.44. The molecule has 2 rings (SSSR count). The number of nitrogens with zero attached hydrogens (tertiary/aromatic N) is 2. The van der Waals surface area contributed by atoms with Crippen LogP contribution in [0.5, 0.6) is 0 Å². The minimum Gasteiger partial charge on any atom is -0.481 e. The molecule has 1 aromatic rings. The molecule has 0 saturated carbocycles. The van der Waals surface area contributed by atoms with Crippen LogP contribution in [0.25, 0.3) is 0 Å². The van der Waals surface area contributed by atoms with Crippen molar-refractivity contribution in [2.45, 2.75) is 44.6 Å². The number of nitro groups is 1. The van der Waals surface area contributed by atoms with E-state index in [1.165, 1.54) is 12.1 Å². The number of non-ortho nitro benzene ring substituents is 1. The maximum atomic E-state index is 12.6. The SMILES string of the molecule is O=C(O)CCC1CCCCN1C(=O)Cc1ccc([N+](=O)[O-])cc1Br. The highest BCUT2D eigenvalue weighted by Crippen LogP contribution is 2.26. The second kappa shape index (κ2) is 8.23.